The van der Waals surface area contributed by atoms with Crippen molar-refractivity contribution < 1.29 is 18.9 Å². The summed E-state index contributed by atoms with van der Waals surface area (Å²) in [6, 6.07) is 10.1. The van der Waals surface area contributed by atoms with Crippen LogP contribution in [-0.2, 0) is 35.0 Å². The summed E-state index contributed by atoms with van der Waals surface area (Å²) < 4.78 is 20.5. The molecule has 44 heavy (non-hydrogen) atoms. The van der Waals surface area contributed by atoms with E-state index in [0.29, 0.717) is 22.0 Å². The van der Waals surface area contributed by atoms with Crippen LogP contribution >= 0.6 is 0 Å². The van der Waals surface area contributed by atoms with Gasteiger partial charge in [-0.15, -0.1) is 0 Å². The Morgan fingerprint density at radius 1 is 1.09 bits per heavy atom. The van der Waals surface area contributed by atoms with Crippen molar-refractivity contribution in [1.82, 2.24) is 19.3 Å². The van der Waals surface area contributed by atoms with Gasteiger partial charge in [-0.05, 0) is 73.2 Å². The number of fused-ring (bicyclic) bond motifs is 1. The number of likely N-dealkylation sites (tertiary alicyclic amines) is 1. The van der Waals surface area contributed by atoms with E-state index in [1.807, 2.05) is 54.8 Å². The third-order valence-electron chi connectivity index (χ3n) is 9.29. The van der Waals surface area contributed by atoms with Gasteiger partial charge in [0.1, 0.15) is 11.9 Å². The van der Waals surface area contributed by atoms with Gasteiger partial charge in [-0.1, -0.05) is 39.0 Å². The van der Waals surface area contributed by atoms with Gasteiger partial charge in [-0.2, -0.15) is 0 Å². The Morgan fingerprint density at radius 3 is 2.39 bits per heavy atom. The summed E-state index contributed by atoms with van der Waals surface area (Å²) in [4.78, 5) is 34.1. The lowest BCUT2D eigenvalue weighted by atomic mass is 9.83. The molecule has 5 rings (SSSR count). The molecule has 1 unspecified atom stereocenters. The van der Waals surface area contributed by atoms with E-state index in [1.165, 1.54) is 0 Å². The van der Waals surface area contributed by atoms with Crippen molar-refractivity contribution in [3.8, 4) is 5.75 Å². The number of aromatic nitrogens is 1. The van der Waals surface area contributed by atoms with Crippen LogP contribution < -0.4 is 10.1 Å². The third-order valence-corrected chi connectivity index (χ3v) is 10.4. The standard InChI is InChI=1S/C34H47N5O4S/c1-22-25(34(2,3)4)20-26(30(43-7)31(22)44(8)42)35-32(40)28-19-23-11-9-12-24(29(23)37(28)6)21-38-15-17-39(18-16-38)33(41)27-13-10-14-36(27)5/h9,11-12,19-20,27H,10,13-18,21H2,1-8H3,(H,35,40)/t27-,44?/m0/s1. The summed E-state index contributed by atoms with van der Waals surface area (Å²) in [7, 11) is 5.52. The van der Waals surface area contributed by atoms with E-state index in [9.17, 15) is 14.1 Å². The van der Waals surface area contributed by atoms with Gasteiger partial charge < -0.3 is 24.1 Å². The number of rotatable bonds is 7. The number of hydrogen-bond donors (Lipinski definition) is 1. The lowest BCUT2D eigenvalue weighted by Gasteiger charge is -2.37. The largest absolute Gasteiger partial charge is 0.612 e. The zero-order chi connectivity index (χ0) is 31.9. The molecule has 2 fully saturated rings. The average Bonchev–Trinajstić information content (AvgIpc) is 3.55. The van der Waals surface area contributed by atoms with Crippen LogP contribution in [0.1, 0.15) is 60.8 Å². The van der Waals surface area contributed by atoms with Crippen molar-refractivity contribution in [2.24, 2.45) is 7.05 Å². The summed E-state index contributed by atoms with van der Waals surface area (Å²) in [5.41, 5.74) is 4.91. The quantitative estimate of drug-likeness (QED) is 0.390. The Labute approximate surface area is 264 Å². The number of nitrogens with one attached hydrogen (secondary N) is 1. The Balaban J connectivity index is 1.37. The SMILES string of the molecule is COc1c(NC(=O)c2cc3cccc(CN4CCN(C(=O)[C@@H]5CCCN5C)CC4)c3n2C)cc(C(C)(C)C)c(C)c1[S+](C)[O-]. The van der Waals surface area contributed by atoms with Gasteiger partial charge in [0.2, 0.25) is 5.91 Å². The molecule has 3 heterocycles. The van der Waals surface area contributed by atoms with Crippen LogP contribution in [0.3, 0.4) is 0 Å². The van der Waals surface area contributed by atoms with Crippen molar-refractivity contribution in [2.75, 3.05) is 58.5 Å². The normalized spacial score (nSPS) is 19.0. The summed E-state index contributed by atoms with van der Waals surface area (Å²) in [5, 5.41) is 4.08. The number of para-hydroxylation sites is 1. The van der Waals surface area contributed by atoms with Crippen LogP contribution in [0.25, 0.3) is 10.9 Å². The number of benzene rings is 2. The first-order chi connectivity index (χ1) is 20.8. The molecule has 238 valence electrons. The van der Waals surface area contributed by atoms with Gasteiger partial charge >= 0.3 is 0 Å². The van der Waals surface area contributed by atoms with Crippen molar-refractivity contribution in [3.05, 3.63) is 52.7 Å². The molecule has 0 radical (unpaired) electrons. The molecule has 1 N–H and O–H groups in total. The monoisotopic (exact) mass is 621 g/mol. The molecule has 2 amide bonds. The number of nitrogens with zero attached hydrogens (tertiary/aromatic N) is 4. The first-order valence-electron chi connectivity index (χ1n) is 15.5. The van der Waals surface area contributed by atoms with E-state index in [2.05, 4.69) is 42.0 Å². The smallest absolute Gasteiger partial charge is 0.272 e. The molecule has 2 atom stereocenters. The number of methoxy groups -OCH3 is 1. The van der Waals surface area contributed by atoms with Gasteiger partial charge in [0.15, 0.2) is 10.6 Å². The molecule has 2 aliphatic heterocycles. The van der Waals surface area contributed by atoms with Crippen LogP contribution in [-0.4, -0.2) is 94.8 Å². The highest BCUT2D eigenvalue weighted by molar-refractivity contribution is 7.90. The second-order valence-corrected chi connectivity index (χ2v) is 14.6. The van der Waals surface area contributed by atoms with Crippen molar-refractivity contribution >= 4 is 39.6 Å². The molecular weight excluding hydrogens is 574 g/mol. The predicted octanol–water partition coefficient (Wildman–Crippen LogP) is 4.52. The molecule has 3 aromatic rings. The predicted molar refractivity (Wildman–Crippen MR) is 177 cm³/mol. The average molecular weight is 622 g/mol. The fourth-order valence-corrected chi connectivity index (χ4v) is 7.98. The van der Waals surface area contributed by atoms with Gasteiger partial charge in [0.25, 0.3) is 5.91 Å². The van der Waals surface area contributed by atoms with Crippen LogP contribution in [0.5, 0.6) is 5.75 Å². The van der Waals surface area contributed by atoms with E-state index in [1.54, 1.807) is 13.4 Å². The molecule has 0 bridgehead atoms. The number of likely N-dealkylation sites (N-methyl/N-ethyl adjacent to an activating group) is 1. The number of ether oxygens (including phenoxy) is 1. The minimum absolute atomic E-state index is 0.0267. The molecule has 0 aliphatic carbocycles. The number of hydrogen-bond acceptors (Lipinski definition) is 6. The Kier molecular flexibility index (Phi) is 9.37. The fraction of sp³-hybridized carbons (Fsp3) is 0.529. The molecule has 0 spiro atoms. The maximum absolute atomic E-state index is 13.8. The van der Waals surface area contributed by atoms with Crippen molar-refractivity contribution in [2.45, 2.75) is 63.4 Å². The molecule has 9 nitrogen and oxygen atoms in total. The molecule has 10 heteroatoms. The number of piperazine rings is 1. The Hall–Kier alpha value is -3.05. The van der Waals surface area contributed by atoms with Crippen LogP contribution in [0.15, 0.2) is 35.2 Å². The molecule has 2 saturated heterocycles. The zero-order valence-electron chi connectivity index (χ0n) is 27.5. The van der Waals surface area contributed by atoms with E-state index in [0.717, 1.165) is 79.7 Å². The second-order valence-electron chi connectivity index (χ2n) is 13.3. The van der Waals surface area contributed by atoms with E-state index >= 15 is 0 Å². The summed E-state index contributed by atoms with van der Waals surface area (Å²) in [5.74, 6) is 0.441. The summed E-state index contributed by atoms with van der Waals surface area (Å²) >= 11 is -1.31. The molecule has 1 aromatic heterocycles. The number of amides is 2. The van der Waals surface area contributed by atoms with Gasteiger partial charge in [-0.3, -0.25) is 19.4 Å². The number of carbonyl (C=O) groups excluding carboxylic acids is 2. The van der Waals surface area contributed by atoms with E-state index in [4.69, 9.17) is 4.74 Å². The minimum atomic E-state index is -1.31. The van der Waals surface area contributed by atoms with Crippen molar-refractivity contribution in [3.63, 3.8) is 0 Å². The third kappa shape index (κ3) is 6.22. The van der Waals surface area contributed by atoms with Crippen LogP contribution in [0, 0.1) is 6.92 Å². The Morgan fingerprint density at radius 2 is 1.80 bits per heavy atom. The maximum atomic E-state index is 13.8. The molecule has 0 saturated carbocycles. The van der Waals surface area contributed by atoms with Crippen LogP contribution in [0.2, 0.25) is 0 Å². The summed E-state index contributed by atoms with van der Waals surface area (Å²) in [6.07, 6.45) is 3.68. The Bertz CT molecular complexity index is 1550. The summed E-state index contributed by atoms with van der Waals surface area (Å²) in [6.45, 7) is 13.1. The lowest BCUT2D eigenvalue weighted by Crippen LogP contribution is -2.52. The van der Waals surface area contributed by atoms with Gasteiger partial charge in [0.05, 0.1) is 24.4 Å². The lowest BCUT2D eigenvalue weighted by molar-refractivity contribution is -0.137. The van der Waals surface area contributed by atoms with E-state index in [-0.39, 0.29) is 23.3 Å². The van der Waals surface area contributed by atoms with Gasteiger partial charge in [-0.25, -0.2) is 0 Å². The van der Waals surface area contributed by atoms with Crippen LogP contribution in [0.4, 0.5) is 5.69 Å². The van der Waals surface area contributed by atoms with Gasteiger partial charge in [0, 0.05) is 50.7 Å². The highest BCUT2D eigenvalue weighted by Gasteiger charge is 2.33. The van der Waals surface area contributed by atoms with Crippen molar-refractivity contribution in [1.29, 1.82) is 0 Å². The fourth-order valence-electron chi connectivity index (χ4n) is 6.99. The molecule has 2 aliphatic rings. The highest BCUT2D eigenvalue weighted by Crippen LogP contribution is 2.41. The highest BCUT2D eigenvalue weighted by atomic mass is 32.2. The zero-order valence-corrected chi connectivity index (χ0v) is 28.3. The first kappa shape index (κ1) is 32.3. The topological polar surface area (TPSA) is 93.1 Å². The van der Waals surface area contributed by atoms with E-state index < -0.39 is 11.2 Å². The first-order valence-corrected chi connectivity index (χ1v) is 17.0. The maximum Gasteiger partial charge on any atom is 0.272 e. The number of aryl methyl sites for hydroxylation is 1. The molecular formula is C34H47N5O4S. The number of anilines is 1. The minimum Gasteiger partial charge on any atom is -0.612 e. The number of carbonyl (C=O) groups is 2. The molecule has 2 aromatic carbocycles. The second kappa shape index (κ2) is 12.7.